The number of rotatable bonds is 7. The summed E-state index contributed by atoms with van der Waals surface area (Å²) in [6.07, 6.45) is 9.48. The monoisotopic (exact) mass is 251 g/mol. The number of nitrogens with one attached hydrogen (secondary N) is 1. The van der Waals surface area contributed by atoms with Crippen LogP contribution in [0.3, 0.4) is 0 Å². The highest BCUT2D eigenvalue weighted by atomic mass is 16.3. The van der Waals surface area contributed by atoms with E-state index in [4.69, 9.17) is 0 Å². The molecule has 0 aromatic heterocycles. The van der Waals surface area contributed by atoms with Gasteiger partial charge in [0.05, 0.1) is 6.10 Å². The molecular weight excluding hydrogens is 222 g/mol. The van der Waals surface area contributed by atoms with Crippen molar-refractivity contribution >= 4 is 0 Å². The molecule has 2 aliphatic carbocycles. The topological polar surface area (TPSA) is 32.3 Å². The van der Waals surface area contributed by atoms with Gasteiger partial charge in [-0.2, -0.15) is 0 Å². The Morgan fingerprint density at radius 2 is 1.94 bits per heavy atom. The summed E-state index contributed by atoms with van der Waals surface area (Å²) >= 11 is 0. The molecule has 0 aliphatic heterocycles. The minimum absolute atomic E-state index is 0.184. The number of hydrogen-bond acceptors (Lipinski definition) is 2. The van der Waals surface area contributed by atoms with E-state index in [1.165, 1.54) is 12.8 Å². The average Bonchev–Trinajstić information content (AvgIpc) is 2.99. The second kappa shape index (κ2) is 6.21. The first-order chi connectivity index (χ1) is 8.65. The summed E-state index contributed by atoms with van der Waals surface area (Å²) < 4.78 is 0. The van der Waals surface area contributed by atoms with Crippen molar-refractivity contribution in [3.05, 3.63) is 12.2 Å². The summed E-state index contributed by atoms with van der Waals surface area (Å²) in [5, 5.41) is 13.7. The summed E-state index contributed by atoms with van der Waals surface area (Å²) in [7, 11) is 0. The first-order valence-corrected chi connectivity index (χ1v) is 7.75. The van der Waals surface area contributed by atoms with Crippen molar-refractivity contribution in [2.75, 3.05) is 6.54 Å². The van der Waals surface area contributed by atoms with Gasteiger partial charge in [0.2, 0.25) is 0 Å². The molecule has 0 amide bonds. The molecule has 2 N–H and O–H groups in total. The van der Waals surface area contributed by atoms with Crippen LogP contribution in [0.4, 0.5) is 0 Å². The van der Waals surface area contributed by atoms with Gasteiger partial charge in [-0.1, -0.05) is 38.8 Å². The van der Waals surface area contributed by atoms with Crippen LogP contribution < -0.4 is 5.32 Å². The molecule has 5 atom stereocenters. The van der Waals surface area contributed by atoms with Crippen molar-refractivity contribution in [2.45, 2.75) is 58.6 Å². The van der Waals surface area contributed by atoms with Crippen LogP contribution >= 0.6 is 0 Å². The highest BCUT2D eigenvalue weighted by molar-refractivity contribution is 5.11. The summed E-state index contributed by atoms with van der Waals surface area (Å²) in [6.45, 7) is 7.38. The van der Waals surface area contributed by atoms with E-state index in [2.05, 4.69) is 38.2 Å². The van der Waals surface area contributed by atoms with Crippen molar-refractivity contribution in [3.8, 4) is 0 Å². The third-order valence-electron chi connectivity index (χ3n) is 5.21. The lowest BCUT2D eigenvalue weighted by molar-refractivity contribution is 0.0953. The highest BCUT2D eigenvalue weighted by Gasteiger charge is 2.38. The predicted molar refractivity (Wildman–Crippen MR) is 76.4 cm³/mol. The molecule has 2 bridgehead atoms. The van der Waals surface area contributed by atoms with E-state index in [1.807, 2.05) is 0 Å². The van der Waals surface area contributed by atoms with E-state index in [1.54, 1.807) is 0 Å². The second-order valence-corrected chi connectivity index (χ2v) is 6.28. The van der Waals surface area contributed by atoms with Gasteiger partial charge in [0, 0.05) is 12.6 Å². The Kier molecular flexibility index (Phi) is 4.85. The minimum atomic E-state index is -0.184. The van der Waals surface area contributed by atoms with Crippen molar-refractivity contribution in [3.63, 3.8) is 0 Å². The third-order valence-corrected chi connectivity index (χ3v) is 5.21. The minimum Gasteiger partial charge on any atom is -0.392 e. The maximum atomic E-state index is 10.2. The Labute approximate surface area is 112 Å². The van der Waals surface area contributed by atoms with E-state index in [-0.39, 0.29) is 6.10 Å². The number of aliphatic hydroxyl groups excluding tert-OH is 1. The van der Waals surface area contributed by atoms with Crippen LogP contribution in [0.5, 0.6) is 0 Å². The smallest absolute Gasteiger partial charge is 0.0692 e. The summed E-state index contributed by atoms with van der Waals surface area (Å²) in [5.41, 5.74) is 0. The lowest BCUT2D eigenvalue weighted by Crippen LogP contribution is -2.41. The van der Waals surface area contributed by atoms with Gasteiger partial charge in [-0.05, 0) is 43.4 Å². The molecule has 0 aromatic carbocycles. The Hall–Kier alpha value is -0.340. The van der Waals surface area contributed by atoms with Crippen molar-refractivity contribution in [1.82, 2.24) is 5.32 Å². The zero-order valence-electron chi connectivity index (χ0n) is 12.1. The average molecular weight is 251 g/mol. The second-order valence-electron chi connectivity index (χ2n) is 6.28. The van der Waals surface area contributed by atoms with Gasteiger partial charge < -0.3 is 10.4 Å². The number of aliphatic hydroxyl groups is 1. The Balaban J connectivity index is 1.75. The fraction of sp³-hybridized carbons (Fsp3) is 0.875. The summed E-state index contributed by atoms with van der Waals surface area (Å²) in [4.78, 5) is 0. The molecular formula is C16H29NO. The van der Waals surface area contributed by atoms with Crippen molar-refractivity contribution in [2.24, 2.45) is 23.7 Å². The van der Waals surface area contributed by atoms with Gasteiger partial charge in [0.15, 0.2) is 0 Å². The fourth-order valence-corrected chi connectivity index (χ4v) is 3.86. The van der Waals surface area contributed by atoms with Crippen molar-refractivity contribution in [1.29, 1.82) is 0 Å². The van der Waals surface area contributed by atoms with Crippen molar-refractivity contribution < 1.29 is 5.11 Å². The number of hydrogen-bond donors (Lipinski definition) is 2. The Morgan fingerprint density at radius 3 is 2.44 bits per heavy atom. The molecule has 1 fully saturated rings. The zero-order valence-corrected chi connectivity index (χ0v) is 12.1. The Bertz CT molecular complexity index is 285. The molecule has 5 unspecified atom stereocenters. The van der Waals surface area contributed by atoms with E-state index in [0.29, 0.717) is 12.0 Å². The van der Waals surface area contributed by atoms with Gasteiger partial charge in [-0.25, -0.2) is 0 Å². The lowest BCUT2D eigenvalue weighted by atomic mass is 9.87. The van der Waals surface area contributed by atoms with Gasteiger partial charge in [0.25, 0.3) is 0 Å². The van der Waals surface area contributed by atoms with Gasteiger partial charge >= 0.3 is 0 Å². The normalized spacial score (nSPS) is 33.3. The molecule has 2 rings (SSSR count). The number of fused-ring (bicyclic) bond motifs is 2. The van der Waals surface area contributed by atoms with E-state index in [9.17, 15) is 5.11 Å². The molecule has 2 heteroatoms. The highest BCUT2D eigenvalue weighted by Crippen LogP contribution is 2.44. The molecule has 0 saturated heterocycles. The zero-order chi connectivity index (χ0) is 13.1. The first-order valence-electron chi connectivity index (χ1n) is 7.75. The summed E-state index contributed by atoms with van der Waals surface area (Å²) in [6, 6.07) is 0.536. The van der Waals surface area contributed by atoms with Crippen LogP contribution in [0.2, 0.25) is 0 Å². The van der Waals surface area contributed by atoms with Crippen LogP contribution in [0.25, 0.3) is 0 Å². The predicted octanol–water partition coefficient (Wildman–Crippen LogP) is 2.97. The largest absolute Gasteiger partial charge is 0.392 e. The number of allylic oxidation sites excluding steroid dienone is 2. The standard InChI is InChI=1S/C16H29NO/c1-4-13(5-2)16(18)10-17-11(3)15-9-12-6-7-14(15)8-12/h6-7,11-18H,4-5,8-10H2,1-3H3. The van der Waals surface area contributed by atoms with E-state index in [0.717, 1.165) is 37.1 Å². The summed E-state index contributed by atoms with van der Waals surface area (Å²) in [5.74, 6) is 2.87. The third kappa shape index (κ3) is 2.97. The maximum Gasteiger partial charge on any atom is 0.0692 e. The van der Waals surface area contributed by atoms with Gasteiger partial charge in [0.1, 0.15) is 0 Å². The fourth-order valence-electron chi connectivity index (χ4n) is 3.86. The lowest BCUT2D eigenvalue weighted by Gasteiger charge is -2.29. The van der Waals surface area contributed by atoms with Gasteiger partial charge in [-0.15, -0.1) is 0 Å². The van der Waals surface area contributed by atoms with E-state index < -0.39 is 0 Å². The molecule has 0 radical (unpaired) electrons. The van der Waals surface area contributed by atoms with Crippen LogP contribution in [0, 0.1) is 23.7 Å². The maximum absolute atomic E-state index is 10.2. The molecule has 2 aliphatic rings. The molecule has 18 heavy (non-hydrogen) atoms. The van der Waals surface area contributed by atoms with Crippen LogP contribution in [0.1, 0.15) is 46.5 Å². The molecule has 1 saturated carbocycles. The molecule has 0 aromatic rings. The van der Waals surface area contributed by atoms with Gasteiger partial charge in [-0.3, -0.25) is 0 Å². The van der Waals surface area contributed by atoms with Crippen LogP contribution in [0.15, 0.2) is 12.2 Å². The molecule has 2 nitrogen and oxygen atoms in total. The molecule has 0 heterocycles. The quantitative estimate of drug-likeness (QED) is 0.682. The van der Waals surface area contributed by atoms with E-state index >= 15 is 0 Å². The SMILES string of the molecule is CCC(CC)C(O)CNC(C)C1CC2C=CC1C2. The molecule has 0 spiro atoms. The molecule has 104 valence electrons. The van der Waals surface area contributed by atoms with Crippen LogP contribution in [-0.2, 0) is 0 Å². The Morgan fingerprint density at radius 1 is 1.22 bits per heavy atom. The van der Waals surface area contributed by atoms with Crippen LogP contribution in [-0.4, -0.2) is 23.8 Å². The first kappa shape index (κ1) is 14.1.